The van der Waals surface area contributed by atoms with E-state index in [-0.39, 0.29) is 17.6 Å². The van der Waals surface area contributed by atoms with Crippen LogP contribution in [0.3, 0.4) is 0 Å². The van der Waals surface area contributed by atoms with E-state index in [0.29, 0.717) is 11.2 Å². The van der Waals surface area contributed by atoms with E-state index in [4.69, 9.17) is 4.42 Å². The van der Waals surface area contributed by atoms with Gasteiger partial charge in [0.15, 0.2) is 0 Å². The second kappa shape index (κ2) is 7.42. The fourth-order valence-corrected chi connectivity index (χ4v) is 3.45. The molecule has 27 heavy (non-hydrogen) atoms. The summed E-state index contributed by atoms with van der Waals surface area (Å²) >= 11 is 0. The number of nitrogens with one attached hydrogen (secondary N) is 3. The lowest BCUT2D eigenvalue weighted by Crippen LogP contribution is -2.52. The molecule has 3 aromatic rings. The number of aromatic nitrogens is 2. The molecule has 1 atom stereocenters. The molecular formula is C19H23N5O3. The van der Waals surface area contributed by atoms with E-state index in [1.54, 1.807) is 24.5 Å². The van der Waals surface area contributed by atoms with Gasteiger partial charge >= 0.3 is 5.69 Å². The zero-order valence-corrected chi connectivity index (χ0v) is 15.2. The predicted molar refractivity (Wildman–Crippen MR) is 103 cm³/mol. The van der Waals surface area contributed by atoms with E-state index in [1.165, 1.54) is 0 Å². The van der Waals surface area contributed by atoms with Crippen molar-refractivity contribution in [1.29, 1.82) is 0 Å². The molecular weight excluding hydrogens is 346 g/mol. The van der Waals surface area contributed by atoms with Crippen molar-refractivity contribution in [2.24, 2.45) is 0 Å². The number of H-pyrrole nitrogens is 2. The summed E-state index contributed by atoms with van der Waals surface area (Å²) in [7, 11) is 0. The Hall–Kier alpha value is -2.84. The van der Waals surface area contributed by atoms with Gasteiger partial charge in [-0.25, -0.2) is 4.79 Å². The number of imidazole rings is 1. The van der Waals surface area contributed by atoms with Crippen LogP contribution in [0.2, 0.25) is 0 Å². The molecule has 1 saturated heterocycles. The van der Waals surface area contributed by atoms with Crippen molar-refractivity contribution in [3.63, 3.8) is 0 Å². The monoisotopic (exact) mass is 369 g/mol. The van der Waals surface area contributed by atoms with Crippen LogP contribution in [0.15, 0.2) is 45.8 Å². The van der Waals surface area contributed by atoms with E-state index >= 15 is 0 Å². The Morgan fingerprint density at radius 3 is 2.70 bits per heavy atom. The summed E-state index contributed by atoms with van der Waals surface area (Å²) in [5, 5.41) is 2.94. The average molecular weight is 369 g/mol. The number of furan rings is 1. The molecule has 1 aliphatic heterocycles. The number of hydrogen-bond acceptors (Lipinski definition) is 5. The SMILES string of the molecule is C[C@H](C(=O)Nc1ccc2[nH]c(=O)[nH]c2c1)N1CCN(Cc2ccco2)CC1. The highest BCUT2D eigenvalue weighted by Gasteiger charge is 2.26. The summed E-state index contributed by atoms with van der Waals surface area (Å²) in [6.07, 6.45) is 1.69. The quantitative estimate of drug-likeness (QED) is 0.635. The zero-order chi connectivity index (χ0) is 18.8. The number of benzene rings is 1. The first-order valence-corrected chi connectivity index (χ1v) is 9.10. The fraction of sp³-hybridized carbons (Fsp3) is 0.368. The third-order valence-electron chi connectivity index (χ3n) is 5.08. The summed E-state index contributed by atoms with van der Waals surface area (Å²) < 4.78 is 5.40. The maximum absolute atomic E-state index is 12.6. The maximum atomic E-state index is 12.6. The standard InChI is InChI=1S/C19H23N5O3/c1-13(24-8-6-23(7-9-24)12-15-3-2-10-27-15)18(25)20-14-4-5-16-17(11-14)22-19(26)21-16/h2-5,10-11,13H,6-9,12H2,1H3,(H,20,25)(H2,21,22,26)/t13-/m1/s1. The topological polar surface area (TPSA) is 97.4 Å². The first-order chi connectivity index (χ1) is 13.1. The molecule has 1 aliphatic rings. The van der Waals surface area contributed by atoms with Gasteiger partial charge in [0, 0.05) is 31.9 Å². The van der Waals surface area contributed by atoms with Crippen molar-refractivity contribution in [2.75, 3.05) is 31.5 Å². The summed E-state index contributed by atoms with van der Waals surface area (Å²) in [5.74, 6) is 0.916. The maximum Gasteiger partial charge on any atom is 0.323 e. The van der Waals surface area contributed by atoms with Crippen molar-refractivity contribution in [2.45, 2.75) is 19.5 Å². The Morgan fingerprint density at radius 1 is 1.19 bits per heavy atom. The van der Waals surface area contributed by atoms with Crippen molar-refractivity contribution < 1.29 is 9.21 Å². The van der Waals surface area contributed by atoms with E-state index in [9.17, 15) is 9.59 Å². The van der Waals surface area contributed by atoms with E-state index in [0.717, 1.165) is 44.0 Å². The molecule has 0 radical (unpaired) electrons. The van der Waals surface area contributed by atoms with Crippen LogP contribution in [0.25, 0.3) is 11.0 Å². The molecule has 3 heterocycles. The van der Waals surface area contributed by atoms with Gasteiger partial charge in [-0.2, -0.15) is 0 Å². The van der Waals surface area contributed by atoms with Gasteiger partial charge in [-0.3, -0.25) is 14.6 Å². The van der Waals surface area contributed by atoms with Gasteiger partial charge in [-0.05, 0) is 37.3 Å². The summed E-state index contributed by atoms with van der Waals surface area (Å²) in [6, 6.07) is 8.99. The third kappa shape index (κ3) is 3.96. The number of aromatic amines is 2. The van der Waals surface area contributed by atoms with Crippen molar-refractivity contribution >= 4 is 22.6 Å². The van der Waals surface area contributed by atoms with Crippen molar-refractivity contribution in [3.8, 4) is 0 Å². The Balaban J connectivity index is 1.32. The number of anilines is 1. The highest BCUT2D eigenvalue weighted by Crippen LogP contribution is 2.16. The summed E-state index contributed by atoms with van der Waals surface area (Å²) in [6.45, 7) is 6.19. The number of fused-ring (bicyclic) bond motifs is 1. The Kier molecular flexibility index (Phi) is 4.83. The molecule has 8 nitrogen and oxygen atoms in total. The molecule has 2 aromatic heterocycles. The minimum absolute atomic E-state index is 0.0493. The lowest BCUT2D eigenvalue weighted by Gasteiger charge is -2.37. The Labute approximate surface area is 156 Å². The van der Waals surface area contributed by atoms with E-state index in [2.05, 4.69) is 25.1 Å². The second-order valence-corrected chi connectivity index (χ2v) is 6.90. The third-order valence-corrected chi connectivity index (χ3v) is 5.08. The first-order valence-electron chi connectivity index (χ1n) is 9.10. The van der Waals surface area contributed by atoms with Gasteiger partial charge in [0.1, 0.15) is 5.76 Å². The largest absolute Gasteiger partial charge is 0.468 e. The molecule has 0 saturated carbocycles. The lowest BCUT2D eigenvalue weighted by atomic mass is 10.2. The molecule has 0 bridgehead atoms. The van der Waals surface area contributed by atoms with Gasteiger partial charge < -0.3 is 19.7 Å². The smallest absolute Gasteiger partial charge is 0.323 e. The second-order valence-electron chi connectivity index (χ2n) is 6.90. The molecule has 0 unspecified atom stereocenters. The molecule has 4 rings (SSSR count). The van der Waals surface area contributed by atoms with Crippen LogP contribution in [-0.4, -0.2) is 57.9 Å². The van der Waals surface area contributed by atoms with Crippen molar-refractivity contribution in [1.82, 2.24) is 19.8 Å². The average Bonchev–Trinajstić information content (AvgIpc) is 3.30. The normalized spacial score (nSPS) is 17.2. The Bertz CT molecular complexity index is 967. The molecule has 1 amide bonds. The van der Waals surface area contributed by atoms with Gasteiger partial charge in [0.05, 0.1) is 29.9 Å². The number of nitrogens with zero attached hydrogens (tertiary/aromatic N) is 2. The highest BCUT2D eigenvalue weighted by molar-refractivity contribution is 5.96. The van der Waals surface area contributed by atoms with Crippen LogP contribution >= 0.6 is 0 Å². The lowest BCUT2D eigenvalue weighted by molar-refractivity contribution is -0.121. The minimum Gasteiger partial charge on any atom is -0.468 e. The van der Waals surface area contributed by atoms with Crippen LogP contribution in [0.1, 0.15) is 12.7 Å². The van der Waals surface area contributed by atoms with E-state index < -0.39 is 0 Å². The number of amides is 1. The molecule has 1 fully saturated rings. The Morgan fingerprint density at radius 2 is 1.96 bits per heavy atom. The molecule has 3 N–H and O–H groups in total. The van der Waals surface area contributed by atoms with Gasteiger partial charge in [-0.1, -0.05) is 0 Å². The zero-order valence-electron chi connectivity index (χ0n) is 15.2. The molecule has 0 spiro atoms. The number of piperazine rings is 1. The number of carbonyl (C=O) groups excluding carboxylic acids is 1. The number of rotatable bonds is 5. The number of carbonyl (C=O) groups is 1. The van der Waals surface area contributed by atoms with Crippen LogP contribution in [0.4, 0.5) is 5.69 Å². The van der Waals surface area contributed by atoms with Crippen LogP contribution < -0.4 is 11.0 Å². The summed E-state index contributed by atoms with van der Waals surface area (Å²) in [5.41, 5.74) is 1.82. The van der Waals surface area contributed by atoms with E-state index in [1.807, 2.05) is 19.1 Å². The fourth-order valence-electron chi connectivity index (χ4n) is 3.45. The van der Waals surface area contributed by atoms with Gasteiger partial charge in [0.2, 0.25) is 5.91 Å². The van der Waals surface area contributed by atoms with Crippen LogP contribution in [-0.2, 0) is 11.3 Å². The van der Waals surface area contributed by atoms with Crippen molar-refractivity contribution in [3.05, 3.63) is 52.8 Å². The first kappa shape index (κ1) is 17.6. The predicted octanol–water partition coefficient (Wildman–Crippen LogP) is 1.59. The number of hydrogen-bond donors (Lipinski definition) is 3. The van der Waals surface area contributed by atoms with Crippen LogP contribution in [0.5, 0.6) is 0 Å². The van der Waals surface area contributed by atoms with Gasteiger partial charge in [-0.15, -0.1) is 0 Å². The molecule has 142 valence electrons. The van der Waals surface area contributed by atoms with Crippen LogP contribution in [0, 0.1) is 0 Å². The minimum atomic E-state index is -0.255. The van der Waals surface area contributed by atoms with Gasteiger partial charge in [0.25, 0.3) is 0 Å². The molecule has 0 aliphatic carbocycles. The molecule has 1 aromatic carbocycles. The summed E-state index contributed by atoms with van der Waals surface area (Å²) in [4.78, 5) is 33.9. The molecule has 8 heteroatoms. The highest BCUT2D eigenvalue weighted by atomic mass is 16.3.